The Balaban J connectivity index is 1.78. The van der Waals surface area contributed by atoms with Gasteiger partial charge in [0.2, 0.25) is 15.9 Å². The minimum atomic E-state index is -3.79. The molecule has 2 heterocycles. The van der Waals surface area contributed by atoms with E-state index in [-0.39, 0.29) is 29.1 Å². The van der Waals surface area contributed by atoms with E-state index in [1.54, 1.807) is 18.2 Å². The quantitative estimate of drug-likeness (QED) is 0.743. The summed E-state index contributed by atoms with van der Waals surface area (Å²) in [5.74, 6) is -0.00688. The third kappa shape index (κ3) is 5.24. The van der Waals surface area contributed by atoms with E-state index in [1.807, 2.05) is 13.8 Å². The van der Waals surface area contributed by atoms with Gasteiger partial charge in [-0.1, -0.05) is 11.6 Å². The zero-order valence-electron chi connectivity index (χ0n) is 16.1. The second-order valence-corrected chi connectivity index (χ2v) is 8.98. The maximum Gasteiger partial charge on any atom is 0.257 e. The first-order chi connectivity index (χ1) is 13.8. The van der Waals surface area contributed by atoms with Crippen LogP contribution < -0.4 is 10.1 Å². The molecule has 1 aromatic carbocycles. The lowest BCUT2D eigenvalue weighted by atomic mass is 10.2. The number of halogens is 1. The minimum absolute atomic E-state index is 0.0249. The number of ether oxygens (including phenoxy) is 2. The van der Waals surface area contributed by atoms with Crippen LogP contribution in [0.25, 0.3) is 0 Å². The van der Waals surface area contributed by atoms with Gasteiger partial charge in [-0.05, 0) is 38.1 Å². The van der Waals surface area contributed by atoms with Crippen LogP contribution >= 0.6 is 11.6 Å². The van der Waals surface area contributed by atoms with E-state index < -0.39 is 15.9 Å². The van der Waals surface area contributed by atoms with Gasteiger partial charge in [0.15, 0.2) is 0 Å². The highest BCUT2D eigenvalue weighted by molar-refractivity contribution is 7.89. The van der Waals surface area contributed by atoms with Gasteiger partial charge in [-0.2, -0.15) is 4.31 Å². The molecule has 0 bridgehead atoms. The van der Waals surface area contributed by atoms with Gasteiger partial charge in [0.05, 0.1) is 29.9 Å². The van der Waals surface area contributed by atoms with E-state index in [0.29, 0.717) is 30.3 Å². The average molecular weight is 440 g/mol. The summed E-state index contributed by atoms with van der Waals surface area (Å²) in [7, 11) is -3.79. The van der Waals surface area contributed by atoms with Crippen LogP contribution in [-0.4, -0.2) is 56.0 Å². The summed E-state index contributed by atoms with van der Waals surface area (Å²) in [5, 5.41) is 2.76. The lowest BCUT2D eigenvalue weighted by Crippen LogP contribution is -2.40. The van der Waals surface area contributed by atoms with Crippen LogP contribution in [-0.2, 0) is 14.8 Å². The molecule has 1 aliphatic heterocycles. The van der Waals surface area contributed by atoms with E-state index in [0.717, 1.165) is 0 Å². The fourth-order valence-corrected chi connectivity index (χ4v) is 4.64. The number of morpholine rings is 1. The maximum absolute atomic E-state index is 12.9. The fraction of sp³-hybridized carbons (Fsp3) is 0.368. The number of pyridine rings is 1. The second kappa shape index (κ2) is 9.08. The van der Waals surface area contributed by atoms with Gasteiger partial charge < -0.3 is 14.8 Å². The Morgan fingerprint density at radius 1 is 1.24 bits per heavy atom. The molecule has 1 saturated heterocycles. The standard InChI is InChI=1S/C19H22ClN3O5S/c1-13(2)28-18-6-3-14(12-21-18)19(24)22-15-4-5-16(20)17(11-15)29(25,26)23-7-9-27-10-8-23/h3-6,11-13H,7-10H2,1-2H3,(H,22,24). The molecule has 156 valence electrons. The number of nitrogens with zero attached hydrogens (tertiary/aromatic N) is 2. The maximum atomic E-state index is 12.9. The number of amides is 1. The largest absolute Gasteiger partial charge is 0.475 e. The highest BCUT2D eigenvalue weighted by atomic mass is 35.5. The summed E-state index contributed by atoms with van der Waals surface area (Å²) in [4.78, 5) is 16.5. The first-order valence-corrected chi connectivity index (χ1v) is 10.9. The van der Waals surface area contributed by atoms with E-state index in [9.17, 15) is 13.2 Å². The minimum Gasteiger partial charge on any atom is -0.475 e. The molecule has 1 aromatic heterocycles. The molecule has 2 aromatic rings. The van der Waals surface area contributed by atoms with E-state index in [4.69, 9.17) is 21.1 Å². The third-order valence-electron chi connectivity index (χ3n) is 4.13. The number of benzene rings is 1. The highest BCUT2D eigenvalue weighted by Gasteiger charge is 2.28. The van der Waals surface area contributed by atoms with E-state index >= 15 is 0 Å². The van der Waals surface area contributed by atoms with Crippen LogP contribution in [0.15, 0.2) is 41.4 Å². The SMILES string of the molecule is CC(C)Oc1ccc(C(=O)Nc2ccc(Cl)c(S(=O)(=O)N3CCOCC3)c2)cn1. The van der Waals surface area contributed by atoms with Crippen molar-refractivity contribution in [2.24, 2.45) is 0 Å². The van der Waals surface area contributed by atoms with E-state index in [1.165, 1.54) is 22.6 Å². The van der Waals surface area contributed by atoms with Crippen molar-refractivity contribution < 1.29 is 22.7 Å². The lowest BCUT2D eigenvalue weighted by molar-refractivity contribution is 0.0730. The summed E-state index contributed by atoms with van der Waals surface area (Å²) in [5.41, 5.74) is 0.627. The molecule has 10 heteroatoms. The van der Waals surface area contributed by atoms with Gasteiger partial charge in [-0.25, -0.2) is 13.4 Å². The van der Waals surface area contributed by atoms with Crippen molar-refractivity contribution in [1.82, 2.24) is 9.29 Å². The van der Waals surface area contributed by atoms with Gasteiger partial charge in [0.25, 0.3) is 5.91 Å². The van der Waals surface area contributed by atoms with E-state index in [2.05, 4.69) is 10.3 Å². The molecule has 0 atom stereocenters. The van der Waals surface area contributed by atoms with Gasteiger partial charge >= 0.3 is 0 Å². The summed E-state index contributed by atoms with van der Waals surface area (Å²) in [6.45, 7) is 4.93. The first-order valence-electron chi connectivity index (χ1n) is 9.09. The topological polar surface area (TPSA) is 97.8 Å². The number of rotatable bonds is 6. The Bertz CT molecular complexity index is 974. The molecule has 0 aliphatic carbocycles. The molecule has 1 N–H and O–H groups in total. The van der Waals surface area contributed by atoms with Crippen LogP contribution in [0.5, 0.6) is 5.88 Å². The molecule has 0 radical (unpaired) electrons. The highest BCUT2D eigenvalue weighted by Crippen LogP contribution is 2.28. The molecule has 1 amide bonds. The van der Waals surface area contributed by atoms with Gasteiger partial charge in [0, 0.05) is 31.0 Å². The molecule has 29 heavy (non-hydrogen) atoms. The van der Waals surface area contributed by atoms with Gasteiger partial charge in [-0.3, -0.25) is 4.79 Å². The van der Waals surface area contributed by atoms with Crippen LogP contribution in [0.2, 0.25) is 5.02 Å². The first kappa shape index (κ1) is 21.5. The normalized spacial score (nSPS) is 15.3. The molecule has 1 aliphatic rings. The zero-order valence-corrected chi connectivity index (χ0v) is 17.7. The molecule has 0 unspecified atom stereocenters. The average Bonchev–Trinajstić information content (AvgIpc) is 2.70. The number of carbonyl (C=O) groups is 1. The van der Waals surface area contributed by atoms with Gasteiger partial charge in [0.1, 0.15) is 4.90 Å². The van der Waals surface area contributed by atoms with Crippen LogP contribution in [0.4, 0.5) is 5.69 Å². The van der Waals surface area contributed by atoms with Crippen LogP contribution in [0.3, 0.4) is 0 Å². The monoisotopic (exact) mass is 439 g/mol. The zero-order chi connectivity index (χ0) is 21.0. The molecular weight excluding hydrogens is 418 g/mol. The van der Waals surface area contributed by atoms with Crippen molar-refractivity contribution in [2.45, 2.75) is 24.8 Å². The van der Waals surface area contributed by atoms with Crippen molar-refractivity contribution in [1.29, 1.82) is 0 Å². The summed E-state index contributed by atoms with van der Waals surface area (Å²) < 4.78 is 37.8. The number of hydrogen-bond donors (Lipinski definition) is 1. The number of carbonyl (C=O) groups excluding carboxylic acids is 1. The predicted molar refractivity (Wildman–Crippen MR) is 109 cm³/mol. The van der Waals surface area contributed by atoms with Crippen molar-refractivity contribution in [3.8, 4) is 5.88 Å². The van der Waals surface area contributed by atoms with Crippen LogP contribution in [0, 0.1) is 0 Å². The smallest absolute Gasteiger partial charge is 0.257 e. The summed E-state index contributed by atoms with van der Waals surface area (Å²) >= 11 is 6.14. The second-order valence-electron chi connectivity index (χ2n) is 6.67. The number of hydrogen-bond acceptors (Lipinski definition) is 6. The molecule has 1 fully saturated rings. The number of aromatic nitrogens is 1. The third-order valence-corrected chi connectivity index (χ3v) is 6.51. The Kier molecular flexibility index (Phi) is 6.74. The molecular formula is C19H22ClN3O5S. The van der Waals surface area contributed by atoms with Crippen molar-refractivity contribution in [3.05, 3.63) is 47.1 Å². The van der Waals surface area contributed by atoms with Crippen molar-refractivity contribution in [2.75, 3.05) is 31.6 Å². The Labute approximate surface area is 174 Å². The number of anilines is 1. The fourth-order valence-electron chi connectivity index (χ4n) is 2.73. The molecule has 3 rings (SSSR count). The van der Waals surface area contributed by atoms with Crippen molar-refractivity contribution >= 4 is 33.2 Å². The molecule has 8 nitrogen and oxygen atoms in total. The van der Waals surface area contributed by atoms with Crippen molar-refractivity contribution in [3.63, 3.8) is 0 Å². The Morgan fingerprint density at radius 3 is 2.59 bits per heavy atom. The molecule has 0 spiro atoms. The Hall–Kier alpha value is -2.20. The molecule has 0 saturated carbocycles. The van der Waals surface area contributed by atoms with Gasteiger partial charge in [-0.15, -0.1) is 0 Å². The van der Waals surface area contributed by atoms with Crippen LogP contribution in [0.1, 0.15) is 24.2 Å². The lowest BCUT2D eigenvalue weighted by Gasteiger charge is -2.26. The number of nitrogens with one attached hydrogen (secondary N) is 1. The number of sulfonamides is 1. The summed E-state index contributed by atoms with van der Waals surface area (Å²) in [6.07, 6.45) is 1.37. The Morgan fingerprint density at radius 2 is 1.97 bits per heavy atom. The summed E-state index contributed by atoms with van der Waals surface area (Å²) in [6, 6.07) is 7.53. The predicted octanol–water partition coefficient (Wildman–Crippen LogP) is 2.80.